The third-order valence-electron chi connectivity index (χ3n) is 7.37. The standard InChI is InChI=1S/C26H21N3O3/c27-12-16-3-1-2-4-17(16)14-32-18-7-5-15(6-8-18)13-28-29-25(30)23-19-9-10-20(22-11-21(19)22)24(23)26(29)31/h1-10,13,19-24H,11,14H2/b28-13+/t19-,20-,21-,22-,23+,24+/m1/s1. The molecule has 32 heavy (non-hydrogen) atoms. The Balaban J connectivity index is 1.13. The summed E-state index contributed by atoms with van der Waals surface area (Å²) >= 11 is 0. The van der Waals surface area contributed by atoms with Crippen LogP contribution in [0.3, 0.4) is 0 Å². The monoisotopic (exact) mass is 423 g/mol. The van der Waals surface area contributed by atoms with Crippen LogP contribution in [0.1, 0.15) is 23.1 Å². The van der Waals surface area contributed by atoms with Crippen molar-refractivity contribution in [3.8, 4) is 11.8 Å². The van der Waals surface area contributed by atoms with Crippen molar-refractivity contribution in [1.82, 2.24) is 5.01 Å². The van der Waals surface area contributed by atoms with Gasteiger partial charge >= 0.3 is 0 Å². The van der Waals surface area contributed by atoms with Crippen molar-refractivity contribution in [3.05, 3.63) is 77.4 Å². The molecule has 1 saturated heterocycles. The van der Waals surface area contributed by atoms with Gasteiger partial charge < -0.3 is 4.74 Å². The van der Waals surface area contributed by atoms with Crippen LogP contribution in [0.2, 0.25) is 0 Å². The summed E-state index contributed by atoms with van der Waals surface area (Å²) in [6.45, 7) is 0.301. The fourth-order valence-corrected chi connectivity index (χ4v) is 5.75. The van der Waals surface area contributed by atoms with Gasteiger partial charge in [-0.3, -0.25) is 9.59 Å². The van der Waals surface area contributed by atoms with Gasteiger partial charge in [0.25, 0.3) is 11.8 Å². The number of benzene rings is 2. The number of hydrogen-bond donors (Lipinski definition) is 0. The maximum absolute atomic E-state index is 13.0. The van der Waals surface area contributed by atoms with Crippen LogP contribution in [0.15, 0.2) is 65.8 Å². The van der Waals surface area contributed by atoms with Crippen molar-refractivity contribution in [2.75, 3.05) is 0 Å². The first kappa shape index (κ1) is 19.0. The molecule has 2 aromatic rings. The number of rotatable bonds is 5. The summed E-state index contributed by atoms with van der Waals surface area (Å²) in [6.07, 6.45) is 7.02. The van der Waals surface area contributed by atoms with E-state index in [-0.39, 0.29) is 35.5 Å². The van der Waals surface area contributed by atoms with E-state index in [9.17, 15) is 14.9 Å². The van der Waals surface area contributed by atoms with E-state index in [0.29, 0.717) is 29.8 Å². The zero-order valence-corrected chi connectivity index (χ0v) is 17.3. The molecule has 5 aliphatic rings. The molecule has 2 bridgehead atoms. The van der Waals surface area contributed by atoms with Crippen LogP contribution >= 0.6 is 0 Å². The Labute approximate surface area is 185 Å². The molecule has 6 atom stereocenters. The van der Waals surface area contributed by atoms with Gasteiger partial charge in [0.1, 0.15) is 12.4 Å². The van der Waals surface area contributed by atoms with Gasteiger partial charge in [-0.2, -0.15) is 15.4 Å². The minimum Gasteiger partial charge on any atom is -0.489 e. The molecule has 4 aliphatic carbocycles. The highest BCUT2D eigenvalue weighted by Crippen LogP contribution is 2.65. The SMILES string of the molecule is N#Cc1ccccc1COc1ccc(/C=N/N2C(=O)[C@H]3[C@@H]4C=C[C@H]([C@H]5C[C@H]45)[C@@H]3C2=O)cc1. The second-order valence-electron chi connectivity index (χ2n) is 9.01. The van der Waals surface area contributed by atoms with Gasteiger partial charge in [0.15, 0.2) is 0 Å². The van der Waals surface area contributed by atoms with E-state index in [4.69, 9.17) is 4.74 Å². The number of carbonyl (C=O) groups is 2. The van der Waals surface area contributed by atoms with Crippen molar-refractivity contribution in [3.63, 3.8) is 0 Å². The van der Waals surface area contributed by atoms with Crippen LogP contribution in [-0.4, -0.2) is 23.0 Å². The van der Waals surface area contributed by atoms with E-state index in [1.807, 2.05) is 30.3 Å². The van der Waals surface area contributed by atoms with Gasteiger partial charge in [0, 0.05) is 5.56 Å². The molecule has 1 aliphatic heterocycles. The number of amides is 2. The van der Waals surface area contributed by atoms with Crippen molar-refractivity contribution in [2.45, 2.75) is 13.0 Å². The Hall–Kier alpha value is -3.72. The second-order valence-corrected chi connectivity index (χ2v) is 9.01. The molecular formula is C26H21N3O3. The Bertz CT molecular complexity index is 1170. The van der Waals surface area contributed by atoms with Gasteiger partial charge in [-0.05, 0) is 66.0 Å². The number of imide groups is 1. The summed E-state index contributed by atoms with van der Waals surface area (Å²) < 4.78 is 5.79. The maximum Gasteiger partial charge on any atom is 0.254 e. The van der Waals surface area contributed by atoms with E-state index in [2.05, 4.69) is 23.3 Å². The first-order chi connectivity index (χ1) is 15.7. The molecule has 0 radical (unpaired) electrons. The number of ether oxygens (including phenoxy) is 1. The quantitative estimate of drug-likeness (QED) is 0.419. The van der Waals surface area contributed by atoms with Crippen molar-refractivity contribution >= 4 is 18.0 Å². The lowest BCUT2D eigenvalue weighted by Crippen LogP contribution is -2.40. The molecule has 6 heteroatoms. The molecule has 7 rings (SSSR count). The van der Waals surface area contributed by atoms with E-state index in [1.54, 1.807) is 24.4 Å². The molecule has 1 heterocycles. The fraction of sp³-hybridized carbons (Fsp3) is 0.308. The van der Waals surface area contributed by atoms with E-state index in [1.165, 1.54) is 0 Å². The van der Waals surface area contributed by atoms with Gasteiger partial charge in [-0.1, -0.05) is 30.4 Å². The van der Waals surface area contributed by atoms with Crippen LogP contribution in [0.25, 0.3) is 0 Å². The molecule has 2 saturated carbocycles. The highest BCUT2D eigenvalue weighted by molar-refractivity contribution is 6.06. The summed E-state index contributed by atoms with van der Waals surface area (Å²) in [5, 5.41) is 14.5. The summed E-state index contributed by atoms with van der Waals surface area (Å²) in [5.41, 5.74) is 2.20. The highest BCUT2D eigenvalue weighted by Gasteiger charge is 2.67. The van der Waals surface area contributed by atoms with Crippen molar-refractivity contribution < 1.29 is 14.3 Å². The summed E-state index contributed by atoms with van der Waals surface area (Å²) in [5.74, 6) is 1.46. The average Bonchev–Trinajstić information content (AvgIpc) is 3.61. The maximum atomic E-state index is 13.0. The van der Waals surface area contributed by atoms with Crippen molar-refractivity contribution in [2.24, 2.45) is 40.6 Å². The summed E-state index contributed by atoms with van der Waals surface area (Å²) in [6, 6.07) is 16.8. The number of hydrazone groups is 1. The fourth-order valence-electron chi connectivity index (χ4n) is 5.75. The van der Waals surface area contributed by atoms with Crippen LogP contribution in [0.4, 0.5) is 0 Å². The molecule has 3 fully saturated rings. The lowest BCUT2D eigenvalue weighted by molar-refractivity contribution is -0.140. The van der Waals surface area contributed by atoms with Gasteiger partial charge in [-0.15, -0.1) is 0 Å². The van der Waals surface area contributed by atoms with Crippen LogP contribution in [0, 0.1) is 46.8 Å². The first-order valence-electron chi connectivity index (χ1n) is 11.0. The number of allylic oxidation sites excluding steroid dienone is 2. The third kappa shape index (κ3) is 2.89. The summed E-state index contributed by atoms with van der Waals surface area (Å²) in [7, 11) is 0. The molecule has 158 valence electrons. The van der Waals surface area contributed by atoms with E-state index in [0.717, 1.165) is 22.6 Å². The molecule has 0 N–H and O–H groups in total. The van der Waals surface area contributed by atoms with E-state index < -0.39 is 0 Å². The largest absolute Gasteiger partial charge is 0.489 e. The molecule has 0 aromatic heterocycles. The number of nitriles is 1. The molecule has 0 unspecified atom stereocenters. The van der Waals surface area contributed by atoms with Gasteiger partial charge in [-0.25, -0.2) is 0 Å². The van der Waals surface area contributed by atoms with Crippen LogP contribution in [-0.2, 0) is 16.2 Å². The van der Waals surface area contributed by atoms with Gasteiger partial charge in [0.2, 0.25) is 0 Å². The predicted molar refractivity (Wildman–Crippen MR) is 116 cm³/mol. The van der Waals surface area contributed by atoms with E-state index >= 15 is 0 Å². The van der Waals surface area contributed by atoms with Crippen LogP contribution in [0.5, 0.6) is 5.75 Å². The predicted octanol–water partition coefficient (Wildman–Crippen LogP) is 3.52. The summed E-state index contributed by atoms with van der Waals surface area (Å²) in [4.78, 5) is 25.9. The highest BCUT2D eigenvalue weighted by atomic mass is 16.5. The first-order valence-corrected chi connectivity index (χ1v) is 11.0. The topological polar surface area (TPSA) is 82.8 Å². The zero-order chi connectivity index (χ0) is 21.8. The minimum absolute atomic E-state index is 0.155. The third-order valence-corrected chi connectivity index (χ3v) is 7.37. The lowest BCUT2D eigenvalue weighted by atomic mass is 9.63. The molecule has 2 amide bonds. The smallest absolute Gasteiger partial charge is 0.254 e. The Morgan fingerprint density at radius 2 is 1.66 bits per heavy atom. The Morgan fingerprint density at radius 1 is 1.00 bits per heavy atom. The average molecular weight is 423 g/mol. The molecule has 0 spiro atoms. The Morgan fingerprint density at radius 3 is 2.31 bits per heavy atom. The molecule has 2 aromatic carbocycles. The van der Waals surface area contributed by atoms with Crippen molar-refractivity contribution in [1.29, 1.82) is 5.26 Å². The normalized spacial score (nSPS) is 31.5. The van der Waals surface area contributed by atoms with Crippen LogP contribution < -0.4 is 4.74 Å². The minimum atomic E-state index is -0.231. The number of hydrogen-bond acceptors (Lipinski definition) is 5. The Kier molecular flexibility index (Phi) is 4.25. The number of nitrogens with zero attached hydrogens (tertiary/aromatic N) is 3. The molecular weight excluding hydrogens is 402 g/mol. The molecule has 6 nitrogen and oxygen atoms in total. The zero-order valence-electron chi connectivity index (χ0n) is 17.3. The lowest BCUT2D eigenvalue weighted by Gasteiger charge is -2.37. The number of carbonyl (C=O) groups excluding carboxylic acids is 2. The second kappa shape index (κ2) is 7.16. The van der Waals surface area contributed by atoms with Gasteiger partial charge in [0.05, 0.1) is 29.7 Å².